The second kappa shape index (κ2) is 4.73. The summed E-state index contributed by atoms with van der Waals surface area (Å²) in [5.41, 5.74) is 0.780. The van der Waals surface area contributed by atoms with Crippen molar-refractivity contribution in [1.29, 1.82) is 0 Å². The molecule has 21 heavy (non-hydrogen) atoms. The van der Waals surface area contributed by atoms with E-state index in [9.17, 15) is 4.79 Å². The average Bonchev–Trinajstić information content (AvgIpc) is 2.74. The number of hydrogen-bond acceptors (Lipinski definition) is 2. The third kappa shape index (κ3) is 2.10. The van der Waals surface area contributed by atoms with Crippen molar-refractivity contribution < 1.29 is 14.6 Å². The Balaban J connectivity index is 1.84. The number of ether oxygens (including phenoxy) is 1. The van der Waals surface area contributed by atoms with Crippen LogP contribution >= 0.6 is 15.9 Å². The maximum atomic E-state index is 11.0. The topological polar surface area (TPSA) is 46.5 Å². The summed E-state index contributed by atoms with van der Waals surface area (Å²) in [5.74, 6) is 0.550. The van der Waals surface area contributed by atoms with Gasteiger partial charge in [0.15, 0.2) is 0 Å². The zero-order valence-electron chi connectivity index (χ0n) is 12.6. The second-order valence-electron chi connectivity index (χ2n) is 7.17. The molecular formula is C17H21BrO3. The van der Waals surface area contributed by atoms with E-state index in [1.807, 2.05) is 0 Å². The lowest BCUT2D eigenvalue weighted by Crippen LogP contribution is -2.38. The summed E-state index contributed by atoms with van der Waals surface area (Å²) in [6.07, 6.45) is 3.80. The van der Waals surface area contributed by atoms with Crippen molar-refractivity contribution in [3.05, 3.63) is 28.2 Å². The lowest BCUT2D eigenvalue weighted by atomic mass is 9.70. The summed E-state index contributed by atoms with van der Waals surface area (Å²) < 4.78 is 6.99. The van der Waals surface area contributed by atoms with Gasteiger partial charge in [0.1, 0.15) is 11.9 Å². The normalized spacial score (nSPS) is 33.1. The van der Waals surface area contributed by atoms with Gasteiger partial charge in [-0.2, -0.15) is 0 Å². The monoisotopic (exact) mass is 352 g/mol. The SMILES string of the molecule is CC1(C)C2CCC1(C)C(Oc1ccc(C(=O)O)cc1Br)C2. The van der Waals surface area contributed by atoms with Crippen molar-refractivity contribution in [3.63, 3.8) is 0 Å². The molecule has 0 saturated heterocycles. The van der Waals surface area contributed by atoms with E-state index >= 15 is 0 Å². The molecule has 3 atom stereocenters. The number of benzene rings is 1. The van der Waals surface area contributed by atoms with Crippen LogP contribution in [0.15, 0.2) is 22.7 Å². The number of hydrogen-bond donors (Lipinski definition) is 1. The molecular weight excluding hydrogens is 332 g/mol. The van der Waals surface area contributed by atoms with Gasteiger partial charge in [-0.3, -0.25) is 0 Å². The van der Waals surface area contributed by atoms with E-state index < -0.39 is 5.97 Å². The van der Waals surface area contributed by atoms with Crippen LogP contribution in [0.5, 0.6) is 5.75 Å². The number of carboxylic acids is 1. The van der Waals surface area contributed by atoms with Gasteiger partial charge in [0, 0.05) is 5.41 Å². The number of fused-ring (bicyclic) bond motifs is 2. The van der Waals surface area contributed by atoms with Gasteiger partial charge in [0.05, 0.1) is 10.0 Å². The summed E-state index contributed by atoms with van der Waals surface area (Å²) in [4.78, 5) is 11.0. The Kier molecular flexibility index (Phi) is 3.36. The first-order valence-electron chi connectivity index (χ1n) is 7.45. The molecule has 0 aromatic heterocycles. The first-order chi connectivity index (χ1) is 9.75. The zero-order chi connectivity index (χ0) is 15.4. The first-order valence-corrected chi connectivity index (χ1v) is 8.24. The molecule has 1 aromatic carbocycles. The summed E-state index contributed by atoms with van der Waals surface area (Å²) in [6.45, 7) is 7.05. The minimum Gasteiger partial charge on any atom is -0.489 e. The molecule has 1 aromatic rings. The Labute approximate surface area is 133 Å². The largest absolute Gasteiger partial charge is 0.489 e. The predicted octanol–water partition coefficient (Wildman–Crippen LogP) is 4.74. The van der Waals surface area contributed by atoms with Crippen molar-refractivity contribution in [3.8, 4) is 5.75 Å². The fourth-order valence-electron chi connectivity index (χ4n) is 4.19. The van der Waals surface area contributed by atoms with Gasteiger partial charge in [0.25, 0.3) is 0 Å². The van der Waals surface area contributed by atoms with E-state index in [-0.39, 0.29) is 17.1 Å². The molecule has 2 fully saturated rings. The van der Waals surface area contributed by atoms with Crippen LogP contribution in [0.3, 0.4) is 0 Å². The molecule has 1 N–H and O–H groups in total. The van der Waals surface area contributed by atoms with Gasteiger partial charge in [-0.25, -0.2) is 4.79 Å². The minimum atomic E-state index is -0.921. The Morgan fingerprint density at radius 1 is 1.38 bits per heavy atom. The highest BCUT2D eigenvalue weighted by Gasteiger charge is 2.62. The highest BCUT2D eigenvalue weighted by Crippen LogP contribution is 2.66. The van der Waals surface area contributed by atoms with E-state index in [1.54, 1.807) is 18.2 Å². The Hall–Kier alpha value is -1.03. The van der Waals surface area contributed by atoms with E-state index in [1.165, 1.54) is 12.8 Å². The van der Waals surface area contributed by atoms with Crippen LogP contribution in [0.25, 0.3) is 0 Å². The summed E-state index contributed by atoms with van der Waals surface area (Å²) in [7, 11) is 0. The molecule has 2 aliphatic carbocycles. The number of halogens is 1. The molecule has 0 aliphatic heterocycles. The Morgan fingerprint density at radius 2 is 2.10 bits per heavy atom. The number of carbonyl (C=O) groups is 1. The quantitative estimate of drug-likeness (QED) is 0.854. The molecule has 3 unspecified atom stereocenters. The molecule has 0 radical (unpaired) electrons. The molecule has 0 spiro atoms. The van der Waals surface area contributed by atoms with Crippen LogP contribution in [0.1, 0.15) is 50.4 Å². The van der Waals surface area contributed by atoms with Gasteiger partial charge in [-0.05, 0) is 64.7 Å². The number of aromatic carboxylic acids is 1. The fourth-order valence-corrected chi connectivity index (χ4v) is 4.66. The van der Waals surface area contributed by atoms with Crippen LogP contribution < -0.4 is 4.74 Å². The molecule has 2 saturated carbocycles. The highest BCUT2D eigenvalue weighted by molar-refractivity contribution is 9.10. The molecule has 2 bridgehead atoms. The summed E-state index contributed by atoms with van der Waals surface area (Å²) in [5, 5.41) is 9.02. The Bertz CT molecular complexity index is 596. The maximum Gasteiger partial charge on any atom is 0.335 e. The van der Waals surface area contributed by atoms with E-state index in [4.69, 9.17) is 9.84 Å². The van der Waals surface area contributed by atoms with Gasteiger partial charge in [-0.1, -0.05) is 20.8 Å². The molecule has 3 nitrogen and oxygen atoms in total. The minimum absolute atomic E-state index is 0.197. The molecule has 0 amide bonds. The van der Waals surface area contributed by atoms with Gasteiger partial charge >= 0.3 is 5.97 Å². The third-order valence-corrected chi connectivity index (χ3v) is 6.78. The van der Waals surface area contributed by atoms with Gasteiger partial charge in [-0.15, -0.1) is 0 Å². The Morgan fingerprint density at radius 3 is 2.57 bits per heavy atom. The first kappa shape index (κ1) is 14.9. The van der Waals surface area contributed by atoms with Crippen molar-refractivity contribution in [1.82, 2.24) is 0 Å². The van der Waals surface area contributed by atoms with Crippen LogP contribution in [0, 0.1) is 16.7 Å². The van der Waals surface area contributed by atoms with Crippen molar-refractivity contribution in [2.75, 3.05) is 0 Å². The number of rotatable bonds is 3. The zero-order valence-corrected chi connectivity index (χ0v) is 14.2. The smallest absolute Gasteiger partial charge is 0.335 e. The van der Waals surface area contributed by atoms with Crippen LogP contribution in [-0.4, -0.2) is 17.2 Å². The maximum absolute atomic E-state index is 11.0. The third-order valence-electron chi connectivity index (χ3n) is 6.16. The van der Waals surface area contributed by atoms with E-state index in [0.717, 1.165) is 18.1 Å². The van der Waals surface area contributed by atoms with Gasteiger partial charge < -0.3 is 9.84 Å². The summed E-state index contributed by atoms with van der Waals surface area (Å²) >= 11 is 3.43. The molecule has 4 heteroatoms. The summed E-state index contributed by atoms with van der Waals surface area (Å²) in [6, 6.07) is 4.97. The predicted molar refractivity (Wildman–Crippen MR) is 84.7 cm³/mol. The van der Waals surface area contributed by atoms with Crippen molar-refractivity contribution >= 4 is 21.9 Å². The van der Waals surface area contributed by atoms with E-state index in [0.29, 0.717) is 9.89 Å². The van der Waals surface area contributed by atoms with Crippen LogP contribution in [0.4, 0.5) is 0 Å². The fraction of sp³-hybridized carbons (Fsp3) is 0.588. The van der Waals surface area contributed by atoms with Crippen LogP contribution in [0.2, 0.25) is 0 Å². The standard InChI is InChI=1S/C17H21BrO3/c1-16(2)11-6-7-17(16,3)14(9-11)21-13-5-4-10(15(19)20)8-12(13)18/h4-5,8,11,14H,6-7,9H2,1-3H3,(H,19,20). The average molecular weight is 353 g/mol. The van der Waals surface area contributed by atoms with Crippen molar-refractivity contribution in [2.24, 2.45) is 16.7 Å². The number of carboxylic acid groups (broad SMARTS) is 1. The molecule has 3 rings (SSSR count). The van der Waals surface area contributed by atoms with E-state index in [2.05, 4.69) is 36.7 Å². The molecule has 0 heterocycles. The highest BCUT2D eigenvalue weighted by atomic mass is 79.9. The van der Waals surface area contributed by atoms with Crippen molar-refractivity contribution in [2.45, 2.75) is 46.1 Å². The van der Waals surface area contributed by atoms with Gasteiger partial charge in [0.2, 0.25) is 0 Å². The lowest BCUT2D eigenvalue weighted by Gasteiger charge is -2.39. The van der Waals surface area contributed by atoms with Crippen LogP contribution in [-0.2, 0) is 0 Å². The molecule has 114 valence electrons. The molecule has 2 aliphatic rings. The second-order valence-corrected chi connectivity index (χ2v) is 8.02. The lowest BCUT2D eigenvalue weighted by molar-refractivity contribution is 0.0297.